The molecule has 0 aliphatic carbocycles. The molecular weight excluding hydrogens is 384 g/mol. The molecule has 0 bridgehead atoms. The van der Waals surface area contributed by atoms with Crippen molar-refractivity contribution in [1.29, 1.82) is 0 Å². The van der Waals surface area contributed by atoms with E-state index in [1.54, 1.807) is 24.3 Å². The second-order valence-corrected chi connectivity index (χ2v) is 7.30. The van der Waals surface area contributed by atoms with Crippen molar-refractivity contribution in [2.24, 2.45) is 0 Å². The van der Waals surface area contributed by atoms with Crippen LogP contribution < -0.4 is 5.63 Å². The van der Waals surface area contributed by atoms with E-state index in [9.17, 15) is 9.59 Å². The largest absolute Gasteiger partial charge is 0.457 e. The van der Waals surface area contributed by atoms with Gasteiger partial charge in [0.15, 0.2) is 0 Å². The summed E-state index contributed by atoms with van der Waals surface area (Å²) < 4.78 is 12.3. The van der Waals surface area contributed by atoms with Crippen LogP contribution in [0.2, 0.25) is 0 Å². The van der Waals surface area contributed by atoms with Crippen LogP contribution in [0.5, 0.6) is 0 Å². The molecule has 4 rings (SSSR count). The molecule has 0 radical (unpaired) electrons. The van der Waals surface area contributed by atoms with E-state index in [-0.39, 0.29) is 6.61 Å². The Kier molecular flexibility index (Phi) is 5.14. The summed E-state index contributed by atoms with van der Waals surface area (Å²) in [6.45, 7) is 6.12. The van der Waals surface area contributed by atoms with E-state index in [4.69, 9.17) is 9.15 Å². The van der Waals surface area contributed by atoms with E-state index in [0.29, 0.717) is 28.3 Å². The summed E-state index contributed by atoms with van der Waals surface area (Å²) >= 11 is 0. The number of fused-ring (bicyclic) bond motifs is 1. The summed E-state index contributed by atoms with van der Waals surface area (Å²) in [5.74, 6) is -0.237. The number of nitrogens with zero attached hydrogens (tertiary/aromatic N) is 4. The van der Waals surface area contributed by atoms with Crippen molar-refractivity contribution in [1.82, 2.24) is 20.2 Å². The summed E-state index contributed by atoms with van der Waals surface area (Å²) in [4.78, 5) is 24.8. The first kappa shape index (κ1) is 19.5. The summed E-state index contributed by atoms with van der Waals surface area (Å²) in [6.07, 6.45) is 1.40. The van der Waals surface area contributed by atoms with E-state index < -0.39 is 11.6 Å². The van der Waals surface area contributed by atoms with E-state index in [2.05, 4.69) is 29.4 Å². The number of esters is 1. The van der Waals surface area contributed by atoms with E-state index >= 15 is 0 Å². The van der Waals surface area contributed by atoms with Crippen molar-refractivity contribution in [3.8, 4) is 5.69 Å². The molecule has 0 unspecified atom stereocenters. The Morgan fingerprint density at radius 3 is 2.73 bits per heavy atom. The molecule has 2 aromatic heterocycles. The highest BCUT2D eigenvalue weighted by Crippen LogP contribution is 2.27. The fourth-order valence-corrected chi connectivity index (χ4v) is 3.47. The Balaban J connectivity index is 1.67. The summed E-state index contributed by atoms with van der Waals surface area (Å²) in [6, 6.07) is 12.1. The molecule has 0 atom stereocenters. The van der Waals surface area contributed by atoms with Crippen LogP contribution in [0.25, 0.3) is 16.7 Å². The van der Waals surface area contributed by atoms with Crippen molar-refractivity contribution in [2.45, 2.75) is 33.3 Å². The van der Waals surface area contributed by atoms with Crippen LogP contribution in [0.15, 0.2) is 58.0 Å². The second-order valence-electron chi connectivity index (χ2n) is 7.30. The van der Waals surface area contributed by atoms with Gasteiger partial charge in [0.25, 0.3) is 0 Å². The van der Waals surface area contributed by atoms with E-state index in [1.807, 2.05) is 19.1 Å². The maximum absolute atomic E-state index is 12.8. The molecule has 8 nitrogen and oxygen atoms in total. The van der Waals surface area contributed by atoms with Crippen LogP contribution in [-0.2, 0) is 11.3 Å². The maximum Gasteiger partial charge on any atom is 0.340 e. The molecule has 2 aromatic carbocycles. The van der Waals surface area contributed by atoms with Gasteiger partial charge in [0.2, 0.25) is 0 Å². The standard InChI is InChI=1S/C22H20N4O4/c1-13(2)17-10-18-15(9-21(27)30-20(18)8-14(17)3)11-29-22(28)16-6-4-5-7-19(16)26-12-23-24-25-26/h4-10,12-13H,11H2,1-3H3. The number of benzene rings is 2. The molecule has 0 aliphatic rings. The highest BCUT2D eigenvalue weighted by atomic mass is 16.5. The van der Waals surface area contributed by atoms with E-state index in [0.717, 1.165) is 16.5 Å². The number of rotatable bonds is 5. The zero-order chi connectivity index (χ0) is 21.3. The average molecular weight is 404 g/mol. The van der Waals surface area contributed by atoms with Gasteiger partial charge in [-0.25, -0.2) is 9.59 Å². The van der Waals surface area contributed by atoms with Crippen LogP contribution >= 0.6 is 0 Å². The van der Waals surface area contributed by atoms with Gasteiger partial charge in [-0.2, -0.15) is 4.68 Å². The lowest BCUT2D eigenvalue weighted by Gasteiger charge is -2.13. The molecule has 0 saturated carbocycles. The number of ether oxygens (including phenoxy) is 1. The first-order valence-electron chi connectivity index (χ1n) is 9.51. The monoisotopic (exact) mass is 404 g/mol. The SMILES string of the molecule is Cc1cc2oc(=O)cc(COC(=O)c3ccccc3-n3cnnn3)c2cc1C(C)C. The number of tetrazole rings is 1. The highest BCUT2D eigenvalue weighted by molar-refractivity contribution is 5.93. The summed E-state index contributed by atoms with van der Waals surface area (Å²) in [7, 11) is 0. The van der Waals surface area contributed by atoms with Gasteiger partial charge in [0.1, 0.15) is 18.5 Å². The smallest absolute Gasteiger partial charge is 0.340 e. The normalized spacial score (nSPS) is 11.2. The number of hydrogen-bond donors (Lipinski definition) is 0. The topological polar surface area (TPSA) is 100 Å². The fourth-order valence-electron chi connectivity index (χ4n) is 3.47. The fraction of sp³-hybridized carbons (Fsp3) is 0.227. The molecule has 0 saturated heterocycles. The number of para-hydroxylation sites is 1. The Morgan fingerprint density at radius 1 is 1.20 bits per heavy atom. The first-order valence-corrected chi connectivity index (χ1v) is 9.51. The average Bonchev–Trinajstić information content (AvgIpc) is 3.25. The molecule has 30 heavy (non-hydrogen) atoms. The van der Waals surface area contributed by atoms with Crippen LogP contribution in [-0.4, -0.2) is 26.2 Å². The number of carbonyl (C=O) groups excluding carboxylic acids is 1. The molecular formula is C22H20N4O4. The minimum atomic E-state index is -0.543. The molecule has 8 heteroatoms. The number of aryl methyl sites for hydroxylation is 1. The lowest BCUT2D eigenvalue weighted by molar-refractivity contribution is 0.0473. The van der Waals surface area contributed by atoms with Crippen molar-refractivity contribution < 1.29 is 13.9 Å². The quantitative estimate of drug-likeness (QED) is 0.370. The highest BCUT2D eigenvalue weighted by Gasteiger charge is 2.17. The Morgan fingerprint density at radius 2 is 2.00 bits per heavy atom. The zero-order valence-corrected chi connectivity index (χ0v) is 16.8. The van der Waals surface area contributed by atoms with Gasteiger partial charge in [-0.3, -0.25) is 0 Å². The summed E-state index contributed by atoms with van der Waals surface area (Å²) in [5.41, 5.74) is 3.59. The van der Waals surface area contributed by atoms with Crippen molar-refractivity contribution in [3.63, 3.8) is 0 Å². The molecule has 0 amide bonds. The molecule has 152 valence electrons. The first-order chi connectivity index (χ1) is 14.4. The van der Waals surface area contributed by atoms with Crippen molar-refractivity contribution in [3.05, 3.63) is 81.5 Å². The molecule has 0 fully saturated rings. The predicted molar refractivity (Wildman–Crippen MR) is 110 cm³/mol. The third kappa shape index (κ3) is 3.71. The summed E-state index contributed by atoms with van der Waals surface area (Å²) in [5, 5.41) is 11.8. The van der Waals surface area contributed by atoms with Gasteiger partial charge < -0.3 is 9.15 Å². The number of hydrogen-bond acceptors (Lipinski definition) is 7. The Bertz CT molecular complexity index is 1280. The molecule has 0 aliphatic heterocycles. The van der Waals surface area contributed by atoms with Crippen molar-refractivity contribution in [2.75, 3.05) is 0 Å². The lowest BCUT2D eigenvalue weighted by Crippen LogP contribution is -2.11. The van der Waals surface area contributed by atoms with Gasteiger partial charge in [0, 0.05) is 17.0 Å². The molecule has 2 heterocycles. The zero-order valence-electron chi connectivity index (χ0n) is 16.8. The van der Waals surface area contributed by atoms with E-state index in [1.165, 1.54) is 17.1 Å². The minimum Gasteiger partial charge on any atom is -0.457 e. The van der Waals surface area contributed by atoms with Gasteiger partial charge in [0.05, 0.1) is 11.3 Å². The Hall–Kier alpha value is -3.81. The Labute approximate surface area is 172 Å². The third-order valence-electron chi connectivity index (χ3n) is 4.92. The predicted octanol–water partition coefficient (Wildman–Crippen LogP) is 3.56. The maximum atomic E-state index is 12.8. The van der Waals surface area contributed by atoms with Gasteiger partial charge in [-0.1, -0.05) is 26.0 Å². The third-order valence-corrected chi connectivity index (χ3v) is 4.92. The number of aromatic nitrogens is 4. The van der Waals surface area contributed by atoms with Crippen LogP contribution in [0.4, 0.5) is 0 Å². The van der Waals surface area contributed by atoms with Crippen LogP contribution in [0.3, 0.4) is 0 Å². The van der Waals surface area contributed by atoms with Crippen molar-refractivity contribution >= 4 is 16.9 Å². The van der Waals surface area contributed by atoms with Gasteiger partial charge in [-0.05, 0) is 58.7 Å². The van der Waals surface area contributed by atoms with Crippen LogP contribution in [0, 0.1) is 6.92 Å². The number of carbonyl (C=O) groups is 1. The molecule has 0 N–H and O–H groups in total. The van der Waals surface area contributed by atoms with Crippen LogP contribution in [0.1, 0.15) is 46.8 Å². The van der Waals surface area contributed by atoms with Gasteiger partial charge >= 0.3 is 11.6 Å². The molecule has 4 aromatic rings. The minimum absolute atomic E-state index is 0.0640. The molecule has 0 spiro atoms. The van der Waals surface area contributed by atoms with Gasteiger partial charge in [-0.15, -0.1) is 5.10 Å². The lowest BCUT2D eigenvalue weighted by atomic mass is 9.95. The second kappa shape index (κ2) is 7.90.